The molecule has 1 heterocycles. The number of nitrogens with zero attached hydrogens (tertiary/aromatic N) is 1. The summed E-state index contributed by atoms with van der Waals surface area (Å²) in [6, 6.07) is 10.7. The minimum absolute atomic E-state index is 0.0933. The summed E-state index contributed by atoms with van der Waals surface area (Å²) in [5.41, 5.74) is 2.53. The molecule has 0 radical (unpaired) electrons. The molecular weight excluding hydrogens is 444 g/mol. The zero-order valence-corrected chi connectivity index (χ0v) is 20.8. The quantitative estimate of drug-likeness (QED) is 0.455. The second-order valence-electron chi connectivity index (χ2n) is 8.35. The number of nitrogens with one attached hydrogen (secondary N) is 1. The third-order valence-electron chi connectivity index (χ3n) is 5.78. The summed E-state index contributed by atoms with van der Waals surface area (Å²) in [6.45, 7) is 7.89. The van der Waals surface area contributed by atoms with E-state index in [-0.39, 0.29) is 24.0 Å². The molecule has 0 bridgehead atoms. The van der Waals surface area contributed by atoms with E-state index in [1.165, 1.54) is 17.8 Å². The molecule has 0 unspecified atom stereocenters. The van der Waals surface area contributed by atoms with Crippen molar-refractivity contribution >= 4 is 27.7 Å². The van der Waals surface area contributed by atoms with Crippen molar-refractivity contribution in [3.63, 3.8) is 0 Å². The first kappa shape index (κ1) is 24.6. The number of benzene rings is 2. The van der Waals surface area contributed by atoms with E-state index in [1.54, 1.807) is 12.1 Å². The Morgan fingerprint density at radius 1 is 1.16 bits per heavy atom. The predicted octanol–water partition coefficient (Wildman–Crippen LogP) is 4.25. The SMILES string of the molecule is CSc1ccc(S(=O)(=O)NCCOc2cc(C)ccc2C)cc1C(=O)N1CCC(C)CC1. The van der Waals surface area contributed by atoms with Gasteiger partial charge in [-0.15, -0.1) is 11.8 Å². The molecule has 8 heteroatoms. The molecule has 3 rings (SSSR count). The van der Waals surface area contributed by atoms with E-state index in [1.807, 2.05) is 43.2 Å². The summed E-state index contributed by atoms with van der Waals surface area (Å²) >= 11 is 1.45. The highest BCUT2D eigenvalue weighted by molar-refractivity contribution is 7.98. The number of amides is 1. The molecule has 32 heavy (non-hydrogen) atoms. The summed E-state index contributed by atoms with van der Waals surface area (Å²) < 4.78 is 34.0. The highest BCUT2D eigenvalue weighted by Gasteiger charge is 2.25. The molecule has 1 fully saturated rings. The van der Waals surface area contributed by atoms with Crippen LogP contribution in [0.2, 0.25) is 0 Å². The summed E-state index contributed by atoms with van der Waals surface area (Å²) in [7, 11) is -3.76. The van der Waals surface area contributed by atoms with Crippen molar-refractivity contribution in [1.29, 1.82) is 0 Å². The Morgan fingerprint density at radius 3 is 2.56 bits per heavy atom. The van der Waals surface area contributed by atoms with Crippen molar-refractivity contribution in [1.82, 2.24) is 9.62 Å². The van der Waals surface area contributed by atoms with E-state index in [4.69, 9.17) is 4.74 Å². The lowest BCUT2D eigenvalue weighted by Crippen LogP contribution is -2.38. The number of thioether (sulfide) groups is 1. The zero-order chi connectivity index (χ0) is 23.3. The van der Waals surface area contributed by atoms with Gasteiger partial charge in [0.25, 0.3) is 5.91 Å². The second kappa shape index (κ2) is 10.7. The maximum Gasteiger partial charge on any atom is 0.255 e. The standard InChI is InChI=1S/C24H32N2O4S2/c1-17-9-12-26(13-10-17)24(27)21-16-20(7-8-23(21)31-4)32(28,29)25-11-14-30-22-15-18(2)5-6-19(22)3/h5-8,15-17,25H,9-14H2,1-4H3. The van der Waals surface area contributed by atoms with Crippen LogP contribution in [0.4, 0.5) is 0 Å². The molecular formula is C24H32N2O4S2. The van der Waals surface area contributed by atoms with Gasteiger partial charge in [-0.2, -0.15) is 0 Å². The van der Waals surface area contributed by atoms with Crippen molar-refractivity contribution < 1.29 is 17.9 Å². The van der Waals surface area contributed by atoms with Crippen LogP contribution in [-0.2, 0) is 10.0 Å². The fourth-order valence-electron chi connectivity index (χ4n) is 3.69. The smallest absolute Gasteiger partial charge is 0.255 e. The second-order valence-corrected chi connectivity index (χ2v) is 11.0. The molecule has 1 amide bonds. The summed E-state index contributed by atoms with van der Waals surface area (Å²) in [5.74, 6) is 1.26. The van der Waals surface area contributed by atoms with Crippen LogP contribution in [0.15, 0.2) is 46.2 Å². The van der Waals surface area contributed by atoms with Gasteiger partial charge in [0.1, 0.15) is 12.4 Å². The van der Waals surface area contributed by atoms with Gasteiger partial charge in [-0.25, -0.2) is 13.1 Å². The Hall–Kier alpha value is -2.03. The average molecular weight is 477 g/mol. The van der Waals surface area contributed by atoms with E-state index < -0.39 is 10.0 Å². The van der Waals surface area contributed by atoms with E-state index in [9.17, 15) is 13.2 Å². The Labute approximate surface area is 195 Å². The van der Waals surface area contributed by atoms with Crippen LogP contribution in [0.5, 0.6) is 5.75 Å². The topological polar surface area (TPSA) is 75.7 Å². The zero-order valence-electron chi connectivity index (χ0n) is 19.2. The van der Waals surface area contributed by atoms with Crippen LogP contribution in [0.3, 0.4) is 0 Å². The van der Waals surface area contributed by atoms with E-state index in [2.05, 4.69) is 11.6 Å². The van der Waals surface area contributed by atoms with Gasteiger partial charge in [0, 0.05) is 24.5 Å². The fraction of sp³-hybridized carbons (Fsp3) is 0.458. The minimum Gasteiger partial charge on any atom is -0.492 e. The van der Waals surface area contributed by atoms with Crippen molar-refractivity contribution in [2.24, 2.45) is 5.92 Å². The first-order valence-corrected chi connectivity index (χ1v) is 13.6. The third kappa shape index (κ3) is 6.05. The molecule has 6 nitrogen and oxygen atoms in total. The van der Waals surface area contributed by atoms with Gasteiger partial charge in [-0.05, 0) is 74.3 Å². The van der Waals surface area contributed by atoms with Crippen LogP contribution in [0.25, 0.3) is 0 Å². The molecule has 2 aromatic carbocycles. The van der Waals surface area contributed by atoms with Crippen LogP contribution >= 0.6 is 11.8 Å². The molecule has 0 aromatic heterocycles. The summed E-state index contributed by atoms with van der Waals surface area (Å²) in [6.07, 6.45) is 3.84. The van der Waals surface area contributed by atoms with Crippen molar-refractivity contribution in [3.8, 4) is 5.75 Å². The van der Waals surface area contributed by atoms with Gasteiger partial charge in [0.2, 0.25) is 10.0 Å². The predicted molar refractivity (Wildman–Crippen MR) is 129 cm³/mol. The number of hydrogen-bond donors (Lipinski definition) is 1. The molecule has 0 spiro atoms. The first-order chi connectivity index (χ1) is 15.2. The molecule has 1 aliphatic heterocycles. The maximum atomic E-state index is 13.1. The lowest BCUT2D eigenvalue weighted by Gasteiger charge is -2.30. The molecule has 0 aliphatic carbocycles. The van der Waals surface area contributed by atoms with Gasteiger partial charge in [0.05, 0.1) is 10.5 Å². The van der Waals surface area contributed by atoms with Crippen molar-refractivity contribution in [2.45, 2.75) is 43.4 Å². The molecule has 1 aliphatic rings. The number of sulfonamides is 1. The van der Waals surface area contributed by atoms with Gasteiger partial charge < -0.3 is 9.64 Å². The lowest BCUT2D eigenvalue weighted by molar-refractivity contribution is 0.0693. The Balaban J connectivity index is 1.68. The van der Waals surface area contributed by atoms with Crippen LogP contribution in [-0.4, -0.2) is 51.7 Å². The van der Waals surface area contributed by atoms with E-state index in [0.29, 0.717) is 24.6 Å². The molecule has 2 aromatic rings. The highest BCUT2D eigenvalue weighted by Crippen LogP contribution is 2.27. The number of carbonyl (C=O) groups is 1. The van der Waals surface area contributed by atoms with Crippen molar-refractivity contribution in [2.75, 3.05) is 32.5 Å². The molecule has 1 saturated heterocycles. The molecule has 174 valence electrons. The van der Waals surface area contributed by atoms with E-state index >= 15 is 0 Å². The van der Waals surface area contributed by atoms with Crippen LogP contribution < -0.4 is 9.46 Å². The minimum atomic E-state index is -3.76. The monoisotopic (exact) mass is 476 g/mol. The normalized spacial score (nSPS) is 15.1. The molecule has 0 atom stereocenters. The fourth-order valence-corrected chi connectivity index (χ4v) is 5.30. The number of carbonyl (C=O) groups excluding carboxylic acids is 1. The maximum absolute atomic E-state index is 13.1. The first-order valence-electron chi connectivity index (χ1n) is 10.9. The van der Waals surface area contributed by atoms with Gasteiger partial charge in [0.15, 0.2) is 0 Å². The van der Waals surface area contributed by atoms with Crippen molar-refractivity contribution in [3.05, 3.63) is 53.1 Å². The van der Waals surface area contributed by atoms with Gasteiger partial charge in [-0.3, -0.25) is 4.79 Å². The van der Waals surface area contributed by atoms with E-state index in [0.717, 1.165) is 34.6 Å². The average Bonchev–Trinajstić information content (AvgIpc) is 2.78. The Bertz CT molecular complexity index is 1060. The number of ether oxygens (including phenoxy) is 1. The summed E-state index contributed by atoms with van der Waals surface area (Å²) in [5, 5.41) is 0. The molecule has 1 N–H and O–H groups in total. The molecule has 0 saturated carbocycles. The van der Waals surface area contributed by atoms with Crippen LogP contribution in [0.1, 0.15) is 41.3 Å². The van der Waals surface area contributed by atoms with Gasteiger partial charge >= 0.3 is 0 Å². The third-order valence-corrected chi connectivity index (χ3v) is 8.03. The number of likely N-dealkylation sites (tertiary alicyclic amines) is 1. The number of hydrogen-bond acceptors (Lipinski definition) is 5. The lowest BCUT2D eigenvalue weighted by atomic mass is 9.98. The number of aryl methyl sites for hydroxylation is 2. The van der Waals surface area contributed by atoms with Crippen LogP contribution in [0, 0.1) is 19.8 Å². The summed E-state index contributed by atoms with van der Waals surface area (Å²) in [4.78, 5) is 15.8. The largest absolute Gasteiger partial charge is 0.492 e. The number of piperidine rings is 1. The number of rotatable bonds is 8. The Morgan fingerprint density at radius 2 is 1.88 bits per heavy atom. The Kier molecular flexibility index (Phi) is 8.25. The van der Waals surface area contributed by atoms with Gasteiger partial charge in [-0.1, -0.05) is 19.1 Å². The highest BCUT2D eigenvalue weighted by atomic mass is 32.2.